The second kappa shape index (κ2) is 9.53. The van der Waals surface area contributed by atoms with E-state index in [-0.39, 0.29) is 5.41 Å². The van der Waals surface area contributed by atoms with Crippen molar-refractivity contribution in [2.45, 2.75) is 19.3 Å². The van der Waals surface area contributed by atoms with Crippen LogP contribution in [0.4, 0.5) is 5.69 Å². The first-order chi connectivity index (χ1) is 21.5. The van der Waals surface area contributed by atoms with Crippen molar-refractivity contribution in [1.29, 1.82) is 5.26 Å². The van der Waals surface area contributed by atoms with Crippen LogP contribution in [0.1, 0.15) is 30.7 Å². The summed E-state index contributed by atoms with van der Waals surface area (Å²) in [6.07, 6.45) is 1.74. The third kappa shape index (κ3) is 3.59. The van der Waals surface area contributed by atoms with E-state index in [0.717, 1.165) is 38.8 Å². The predicted molar refractivity (Wildman–Crippen MR) is 178 cm³/mol. The molecule has 1 aliphatic carbocycles. The molecule has 0 amide bonds. The zero-order chi connectivity index (χ0) is 30.0. The van der Waals surface area contributed by atoms with E-state index >= 15 is 0 Å². The molecule has 0 aliphatic heterocycles. The van der Waals surface area contributed by atoms with Gasteiger partial charge in [-0.3, -0.25) is 0 Å². The van der Waals surface area contributed by atoms with Crippen LogP contribution in [0.2, 0.25) is 0 Å². The fourth-order valence-electron chi connectivity index (χ4n) is 7.02. The lowest BCUT2D eigenvalue weighted by molar-refractivity contribution is 0.661. The summed E-state index contributed by atoms with van der Waals surface area (Å²) >= 11 is 0. The van der Waals surface area contributed by atoms with Crippen LogP contribution < -0.4 is 0 Å². The summed E-state index contributed by atoms with van der Waals surface area (Å²) in [5.74, 6) is 0. The molecule has 0 N–H and O–H groups in total. The Bertz CT molecular complexity index is 2380. The molecule has 7 aromatic rings. The Morgan fingerprint density at radius 3 is 2.32 bits per heavy atom. The van der Waals surface area contributed by atoms with E-state index in [9.17, 15) is 5.26 Å². The van der Waals surface area contributed by atoms with Crippen LogP contribution in [0, 0.1) is 17.9 Å². The molecule has 4 nitrogen and oxygen atoms in total. The Hall–Kier alpha value is -5.97. The van der Waals surface area contributed by atoms with Crippen LogP contribution in [0.3, 0.4) is 0 Å². The average molecular weight is 563 g/mol. The van der Waals surface area contributed by atoms with Gasteiger partial charge in [0.05, 0.1) is 23.3 Å². The summed E-state index contributed by atoms with van der Waals surface area (Å²) in [7, 11) is 0. The Morgan fingerprint density at radius 1 is 0.727 bits per heavy atom. The van der Waals surface area contributed by atoms with Crippen LogP contribution in [0.5, 0.6) is 0 Å². The maximum atomic E-state index is 9.94. The molecule has 0 unspecified atom stereocenters. The molecule has 0 saturated carbocycles. The number of hydrogen-bond acceptors (Lipinski definition) is 2. The monoisotopic (exact) mass is 562 g/mol. The third-order valence-electron chi connectivity index (χ3n) is 9.13. The van der Waals surface area contributed by atoms with Gasteiger partial charge in [0.25, 0.3) is 0 Å². The SMILES string of the molecule is [C-]#[N+]c1cc(-c2cc(-c3ccccc3)cnc2C#N)ccc1-n1c2ccccc2c2ccc3c(c21)-c1ccccc1C3(C)C. The summed E-state index contributed by atoms with van der Waals surface area (Å²) in [4.78, 5) is 8.54. The molecule has 0 fully saturated rings. The highest BCUT2D eigenvalue weighted by Gasteiger charge is 2.37. The van der Waals surface area contributed by atoms with Crippen molar-refractivity contribution in [3.8, 4) is 45.1 Å². The van der Waals surface area contributed by atoms with Crippen molar-refractivity contribution in [2.75, 3.05) is 0 Å². The van der Waals surface area contributed by atoms with E-state index in [1.807, 2.05) is 54.6 Å². The lowest BCUT2D eigenvalue weighted by Gasteiger charge is -2.21. The van der Waals surface area contributed by atoms with E-state index in [2.05, 4.69) is 95.0 Å². The van der Waals surface area contributed by atoms with Gasteiger partial charge in [0.15, 0.2) is 0 Å². The van der Waals surface area contributed by atoms with Crippen molar-refractivity contribution < 1.29 is 0 Å². The predicted octanol–water partition coefficient (Wildman–Crippen LogP) is 10.2. The second-order valence-corrected chi connectivity index (χ2v) is 11.8. The molecule has 1 aliphatic rings. The number of nitrogens with zero attached hydrogens (tertiary/aromatic N) is 4. The topological polar surface area (TPSA) is 46.0 Å². The number of rotatable bonds is 3. The van der Waals surface area contributed by atoms with Crippen molar-refractivity contribution in [3.63, 3.8) is 0 Å². The van der Waals surface area contributed by atoms with Gasteiger partial charge in [0, 0.05) is 39.1 Å². The summed E-state index contributed by atoms with van der Waals surface area (Å²) in [5.41, 5.74) is 12.2. The highest BCUT2D eigenvalue weighted by Crippen LogP contribution is 2.53. The van der Waals surface area contributed by atoms with Gasteiger partial charge in [-0.2, -0.15) is 5.26 Å². The van der Waals surface area contributed by atoms with Crippen molar-refractivity contribution in [3.05, 3.63) is 150 Å². The van der Waals surface area contributed by atoms with Crippen LogP contribution in [0.25, 0.3) is 65.7 Å². The number of benzene rings is 5. The summed E-state index contributed by atoms with van der Waals surface area (Å²) in [6, 6.07) is 41.8. The number of pyridine rings is 1. The molecule has 0 saturated heterocycles. The largest absolute Gasteiger partial charge is 0.318 e. The maximum absolute atomic E-state index is 9.94. The van der Waals surface area contributed by atoms with E-state index in [4.69, 9.17) is 6.57 Å². The molecular formula is C40H26N4. The fraction of sp³-hybridized carbons (Fsp3) is 0.0750. The van der Waals surface area contributed by atoms with Gasteiger partial charge in [-0.1, -0.05) is 105 Å². The number of aromatic nitrogens is 2. The first kappa shape index (κ1) is 25.7. The Morgan fingerprint density at radius 2 is 1.50 bits per heavy atom. The Kier molecular flexibility index (Phi) is 5.57. The first-order valence-electron chi connectivity index (χ1n) is 14.7. The molecule has 0 spiro atoms. The second-order valence-electron chi connectivity index (χ2n) is 11.8. The lowest BCUT2D eigenvalue weighted by Crippen LogP contribution is -2.14. The van der Waals surface area contributed by atoms with Crippen molar-refractivity contribution in [1.82, 2.24) is 9.55 Å². The van der Waals surface area contributed by atoms with Gasteiger partial charge in [-0.15, -0.1) is 0 Å². The van der Waals surface area contributed by atoms with Gasteiger partial charge in [0.1, 0.15) is 11.8 Å². The average Bonchev–Trinajstić information content (AvgIpc) is 3.53. The molecule has 4 heteroatoms. The van der Waals surface area contributed by atoms with Crippen LogP contribution in [-0.4, -0.2) is 9.55 Å². The van der Waals surface area contributed by atoms with Crippen LogP contribution >= 0.6 is 0 Å². The smallest absolute Gasteiger partial charge is 0.211 e. The number of para-hydroxylation sites is 1. The quantitative estimate of drug-likeness (QED) is 0.201. The third-order valence-corrected chi connectivity index (χ3v) is 9.13. The molecule has 2 aromatic heterocycles. The fourth-order valence-corrected chi connectivity index (χ4v) is 7.02. The molecule has 5 aromatic carbocycles. The molecule has 2 heterocycles. The molecule has 8 rings (SSSR count). The van der Waals surface area contributed by atoms with Crippen molar-refractivity contribution in [2.24, 2.45) is 0 Å². The van der Waals surface area contributed by atoms with Gasteiger partial charge in [-0.05, 0) is 52.1 Å². The standard InChI is InChI=1S/C40H26N4/c1-40(2)32-15-9-7-14-30(32)38-33(40)19-18-29-28-13-8-10-16-36(28)44(39(29)38)37-20-17-26(22-34(37)42-3)31-21-27(24-43-35(31)23-41)25-11-5-4-6-12-25/h4-22,24H,1-2H3. The van der Waals surface area contributed by atoms with Crippen LogP contribution in [0.15, 0.2) is 121 Å². The Labute approximate surface area is 255 Å². The zero-order valence-electron chi connectivity index (χ0n) is 24.3. The lowest BCUT2D eigenvalue weighted by atomic mass is 9.82. The van der Waals surface area contributed by atoms with E-state index in [0.29, 0.717) is 16.9 Å². The minimum Gasteiger partial charge on any atom is -0.318 e. The summed E-state index contributed by atoms with van der Waals surface area (Å²) < 4.78 is 2.27. The van der Waals surface area contributed by atoms with Gasteiger partial charge in [-0.25, -0.2) is 9.83 Å². The number of fused-ring (bicyclic) bond motifs is 7. The summed E-state index contributed by atoms with van der Waals surface area (Å²) in [5, 5.41) is 12.3. The van der Waals surface area contributed by atoms with E-state index < -0.39 is 0 Å². The van der Waals surface area contributed by atoms with Gasteiger partial charge in [0.2, 0.25) is 5.69 Å². The van der Waals surface area contributed by atoms with E-state index in [1.54, 1.807) is 6.20 Å². The normalized spacial score (nSPS) is 12.9. The molecule has 0 atom stereocenters. The molecule has 44 heavy (non-hydrogen) atoms. The molecule has 0 bridgehead atoms. The van der Waals surface area contributed by atoms with Crippen LogP contribution in [-0.2, 0) is 5.41 Å². The molecule has 0 radical (unpaired) electrons. The van der Waals surface area contributed by atoms with E-state index in [1.165, 1.54) is 27.6 Å². The number of nitriles is 1. The summed E-state index contributed by atoms with van der Waals surface area (Å²) in [6.45, 7) is 12.9. The number of hydrogen-bond donors (Lipinski definition) is 0. The minimum absolute atomic E-state index is 0.141. The molecular weight excluding hydrogens is 536 g/mol. The van der Waals surface area contributed by atoms with Gasteiger partial charge < -0.3 is 4.57 Å². The zero-order valence-corrected chi connectivity index (χ0v) is 24.3. The Balaban J connectivity index is 1.40. The van der Waals surface area contributed by atoms with Crippen molar-refractivity contribution >= 4 is 27.5 Å². The van der Waals surface area contributed by atoms with Gasteiger partial charge >= 0.3 is 0 Å². The minimum atomic E-state index is -0.141. The molecule has 206 valence electrons. The maximum Gasteiger partial charge on any atom is 0.211 e. The first-order valence-corrected chi connectivity index (χ1v) is 14.7. The highest BCUT2D eigenvalue weighted by molar-refractivity contribution is 6.16. The highest BCUT2D eigenvalue weighted by atomic mass is 15.0.